The molecule has 1 saturated carbocycles. The number of benzene rings is 2. The van der Waals surface area contributed by atoms with Gasteiger partial charge in [0.1, 0.15) is 0 Å². The minimum atomic E-state index is -0.224. The number of hydrogen-bond donors (Lipinski definition) is 1. The third kappa shape index (κ3) is 5.97. The molecular formula is C26H32BrNO3. The lowest BCUT2D eigenvalue weighted by molar-refractivity contribution is -0.147. The van der Waals surface area contributed by atoms with Crippen molar-refractivity contribution in [3.05, 3.63) is 63.6 Å². The summed E-state index contributed by atoms with van der Waals surface area (Å²) in [7, 11) is 0. The smallest absolute Gasteiger partial charge is 0.308 e. The van der Waals surface area contributed by atoms with E-state index in [4.69, 9.17) is 4.74 Å². The van der Waals surface area contributed by atoms with Crippen LogP contribution in [0.2, 0.25) is 0 Å². The highest BCUT2D eigenvalue weighted by Gasteiger charge is 2.32. The predicted molar refractivity (Wildman–Crippen MR) is 128 cm³/mol. The van der Waals surface area contributed by atoms with Crippen LogP contribution in [0.5, 0.6) is 0 Å². The van der Waals surface area contributed by atoms with Crippen LogP contribution >= 0.6 is 15.9 Å². The number of anilines is 1. The highest BCUT2D eigenvalue weighted by atomic mass is 79.9. The van der Waals surface area contributed by atoms with E-state index in [2.05, 4.69) is 33.4 Å². The molecular weight excluding hydrogens is 454 g/mol. The van der Waals surface area contributed by atoms with Gasteiger partial charge in [0.15, 0.2) is 0 Å². The van der Waals surface area contributed by atoms with Crippen LogP contribution in [0.1, 0.15) is 62.1 Å². The van der Waals surface area contributed by atoms with Crippen LogP contribution in [0.15, 0.2) is 46.9 Å². The van der Waals surface area contributed by atoms with Crippen LogP contribution in [-0.4, -0.2) is 18.5 Å². The van der Waals surface area contributed by atoms with Crippen molar-refractivity contribution in [3.63, 3.8) is 0 Å². The van der Waals surface area contributed by atoms with Crippen molar-refractivity contribution in [1.29, 1.82) is 0 Å². The van der Waals surface area contributed by atoms with E-state index in [0.717, 1.165) is 39.7 Å². The average Bonchev–Trinajstić information content (AvgIpc) is 3.27. The normalized spacial score (nSPS) is 16.0. The Morgan fingerprint density at radius 3 is 2.45 bits per heavy atom. The average molecular weight is 486 g/mol. The minimum absolute atomic E-state index is 0.0490. The van der Waals surface area contributed by atoms with Gasteiger partial charge in [-0.3, -0.25) is 9.59 Å². The Bertz CT molecular complexity index is 903. The molecule has 0 saturated heterocycles. The number of rotatable bonds is 8. The van der Waals surface area contributed by atoms with Crippen LogP contribution in [-0.2, 0) is 20.7 Å². The maximum absolute atomic E-state index is 13.5. The Hall–Kier alpha value is -2.14. The molecule has 166 valence electrons. The summed E-state index contributed by atoms with van der Waals surface area (Å²) in [6.45, 7) is 6.09. The van der Waals surface area contributed by atoms with Crippen molar-refractivity contribution in [2.24, 2.45) is 11.8 Å². The zero-order valence-electron chi connectivity index (χ0n) is 18.6. The second kappa shape index (κ2) is 10.9. The molecule has 1 aliphatic carbocycles. The van der Waals surface area contributed by atoms with Gasteiger partial charge in [-0.05, 0) is 73.9 Å². The fraction of sp³-hybridized carbons (Fsp3) is 0.462. The second-order valence-corrected chi connectivity index (χ2v) is 9.43. The molecule has 0 radical (unpaired) electrons. The first-order valence-corrected chi connectivity index (χ1v) is 12.0. The highest BCUT2D eigenvalue weighted by molar-refractivity contribution is 9.10. The van der Waals surface area contributed by atoms with E-state index in [1.54, 1.807) is 0 Å². The van der Waals surface area contributed by atoms with Gasteiger partial charge < -0.3 is 10.1 Å². The first-order chi connectivity index (χ1) is 14.9. The summed E-state index contributed by atoms with van der Waals surface area (Å²) in [5.41, 5.74) is 3.95. The summed E-state index contributed by atoms with van der Waals surface area (Å²) in [5.74, 6) is -0.148. The van der Waals surface area contributed by atoms with E-state index in [0.29, 0.717) is 18.9 Å². The van der Waals surface area contributed by atoms with Gasteiger partial charge in [-0.1, -0.05) is 60.0 Å². The molecule has 2 aromatic carbocycles. The molecule has 4 nitrogen and oxygen atoms in total. The van der Waals surface area contributed by atoms with E-state index in [1.165, 1.54) is 12.8 Å². The summed E-state index contributed by atoms with van der Waals surface area (Å²) >= 11 is 3.49. The molecule has 0 spiro atoms. The van der Waals surface area contributed by atoms with Gasteiger partial charge in [-0.25, -0.2) is 0 Å². The monoisotopic (exact) mass is 485 g/mol. The van der Waals surface area contributed by atoms with E-state index in [9.17, 15) is 9.59 Å². The largest absolute Gasteiger partial charge is 0.466 e. The third-order valence-corrected chi connectivity index (χ3v) is 6.83. The summed E-state index contributed by atoms with van der Waals surface area (Å²) in [6.07, 6.45) is 5.14. The van der Waals surface area contributed by atoms with Crippen LogP contribution < -0.4 is 5.32 Å². The number of amides is 1. The Morgan fingerprint density at radius 1 is 1.13 bits per heavy atom. The van der Waals surface area contributed by atoms with Crippen LogP contribution in [0.3, 0.4) is 0 Å². The summed E-state index contributed by atoms with van der Waals surface area (Å²) in [6, 6.07) is 14.0. The zero-order chi connectivity index (χ0) is 22.4. The molecule has 0 heterocycles. The van der Waals surface area contributed by atoms with Crippen LogP contribution in [0.4, 0.5) is 5.69 Å². The van der Waals surface area contributed by atoms with Gasteiger partial charge in [-0.15, -0.1) is 0 Å². The Labute approximate surface area is 193 Å². The van der Waals surface area contributed by atoms with Gasteiger partial charge in [0.25, 0.3) is 0 Å². The fourth-order valence-electron chi connectivity index (χ4n) is 4.55. The molecule has 1 aliphatic rings. The molecule has 2 aromatic rings. The molecule has 31 heavy (non-hydrogen) atoms. The first kappa shape index (κ1) is 23.5. The van der Waals surface area contributed by atoms with Crippen molar-refractivity contribution < 1.29 is 14.3 Å². The highest BCUT2D eigenvalue weighted by Crippen LogP contribution is 2.38. The van der Waals surface area contributed by atoms with Crippen molar-refractivity contribution in [2.45, 2.75) is 58.8 Å². The summed E-state index contributed by atoms with van der Waals surface area (Å²) in [4.78, 5) is 25.5. The SMILES string of the molecule is CCOC(=O)C(C)Cc1cccc(NC(=O)C(c2ccc(Br)cc2)C2CCCC2)c1C. The first-order valence-electron chi connectivity index (χ1n) is 11.2. The fourth-order valence-corrected chi connectivity index (χ4v) is 4.81. The van der Waals surface area contributed by atoms with E-state index in [1.807, 2.05) is 51.1 Å². The Balaban J connectivity index is 1.80. The molecule has 1 amide bonds. The van der Waals surface area contributed by atoms with Gasteiger partial charge in [0.05, 0.1) is 18.4 Å². The van der Waals surface area contributed by atoms with Gasteiger partial charge in [0, 0.05) is 10.2 Å². The lowest BCUT2D eigenvalue weighted by atomic mass is 9.84. The lowest BCUT2D eigenvalue weighted by Gasteiger charge is -2.24. The molecule has 0 aromatic heterocycles. The number of halogens is 1. The molecule has 2 atom stereocenters. The minimum Gasteiger partial charge on any atom is -0.466 e. The molecule has 5 heteroatoms. The number of esters is 1. The quantitative estimate of drug-likeness (QED) is 0.439. The Morgan fingerprint density at radius 2 is 1.81 bits per heavy atom. The van der Waals surface area contributed by atoms with Gasteiger partial charge >= 0.3 is 5.97 Å². The van der Waals surface area contributed by atoms with Crippen LogP contribution in [0, 0.1) is 18.8 Å². The molecule has 0 aliphatic heterocycles. The van der Waals surface area contributed by atoms with Gasteiger partial charge in [-0.2, -0.15) is 0 Å². The van der Waals surface area contributed by atoms with E-state index < -0.39 is 0 Å². The molecule has 3 rings (SSSR count). The number of nitrogens with one attached hydrogen (secondary N) is 1. The third-order valence-electron chi connectivity index (χ3n) is 6.30. The van der Waals surface area contributed by atoms with Crippen molar-refractivity contribution in [2.75, 3.05) is 11.9 Å². The maximum atomic E-state index is 13.5. The summed E-state index contributed by atoms with van der Waals surface area (Å²) < 4.78 is 6.16. The Kier molecular flexibility index (Phi) is 8.30. The van der Waals surface area contributed by atoms with E-state index >= 15 is 0 Å². The van der Waals surface area contributed by atoms with Crippen molar-refractivity contribution in [1.82, 2.24) is 0 Å². The molecule has 2 unspecified atom stereocenters. The second-order valence-electron chi connectivity index (χ2n) is 8.51. The molecule has 1 N–H and O–H groups in total. The number of hydrogen-bond acceptors (Lipinski definition) is 3. The number of carbonyl (C=O) groups excluding carboxylic acids is 2. The van der Waals surface area contributed by atoms with Crippen LogP contribution in [0.25, 0.3) is 0 Å². The maximum Gasteiger partial charge on any atom is 0.308 e. The predicted octanol–water partition coefficient (Wildman–Crippen LogP) is 6.41. The summed E-state index contributed by atoms with van der Waals surface area (Å²) in [5, 5.41) is 3.20. The van der Waals surface area contributed by atoms with Gasteiger partial charge in [0.2, 0.25) is 5.91 Å². The standard InChI is InChI=1S/C26H32BrNO3/c1-4-31-26(30)17(2)16-21-10-7-11-23(18(21)3)28-25(29)24(19-8-5-6-9-19)20-12-14-22(27)15-13-20/h7,10-15,17,19,24H,4-6,8-9,16H2,1-3H3,(H,28,29). The lowest BCUT2D eigenvalue weighted by Crippen LogP contribution is -2.27. The topological polar surface area (TPSA) is 55.4 Å². The number of ether oxygens (including phenoxy) is 1. The molecule has 1 fully saturated rings. The van der Waals surface area contributed by atoms with Crippen molar-refractivity contribution >= 4 is 33.5 Å². The molecule has 0 bridgehead atoms. The number of carbonyl (C=O) groups is 2. The van der Waals surface area contributed by atoms with E-state index in [-0.39, 0.29) is 23.7 Å². The van der Waals surface area contributed by atoms with Crippen molar-refractivity contribution in [3.8, 4) is 0 Å². The zero-order valence-corrected chi connectivity index (χ0v) is 20.2.